The van der Waals surface area contributed by atoms with Gasteiger partial charge in [-0.05, 0) is 223 Å². The first-order valence-corrected chi connectivity index (χ1v) is 42.6. The van der Waals surface area contributed by atoms with Crippen LogP contribution < -0.4 is 47.9 Å². The van der Waals surface area contributed by atoms with Crippen LogP contribution in [0, 0.1) is 0 Å². The van der Waals surface area contributed by atoms with Gasteiger partial charge < -0.3 is 46.1 Å². The van der Waals surface area contributed by atoms with E-state index in [-0.39, 0.29) is 34.4 Å². The summed E-state index contributed by atoms with van der Waals surface area (Å²) in [5, 5.41) is 29.3. The van der Waals surface area contributed by atoms with Crippen LogP contribution in [0.1, 0.15) is 149 Å². The summed E-state index contributed by atoms with van der Waals surface area (Å²) in [6.07, 6.45) is 2.38. The number of anilines is 9. The predicted octanol–water partition coefficient (Wildman–Crippen LogP) is 19.4. The Hall–Kier alpha value is -12.4. The molecule has 0 radical (unpaired) electrons. The minimum atomic E-state index is -4.86. The van der Waals surface area contributed by atoms with E-state index in [4.69, 9.17) is 42.7 Å². The Morgan fingerprint density at radius 2 is 0.623 bits per heavy atom. The average Bonchev–Trinajstić information content (AvgIpc) is 0.800. The molecule has 12 aromatic rings. The quantitative estimate of drug-likeness (QED) is 0.0136. The Morgan fingerprint density at radius 1 is 0.361 bits per heavy atom. The van der Waals surface area contributed by atoms with Crippen molar-refractivity contribution < 1.29 is 61.1 Å². The van der Waals surface area contributed by atoms with Crippen molar-refractivity contribution in [2.24, 2.45) is 0 Å². The summed E-state index contributed by atoms with van der Waals surface area (Å²) in [6.45, 7) is 20.8. The number of rotatable bonds is 33. The predicted molar refractivity (Wildman–Crippen MR) is 473 cm³/mol. The van der Waals surface area contributed by atoms with E-state index in [1.54, 1.807) is 133 Å². The number of nitrogens with zero attached hydrogens (tertiary/aromatic N) is 9. The van der Waals surface area contributed by atoms with Crippen molar-refractivity contribution in [1.82, 2.24) is 60.8 Å². The number of benzene rings is 6. The van der Waals surface area contributed by atoms with E-state index in [9.17, 15) is 28.8 Å². The molecule has 0 aliphatic carbocycles. The molecule has 0 atom stereocenters. The third-order valence-corrected chi connectivity index (χ3v) is 23.1. The lowest BCUT2D eigenvalue weighted by Gasteiger charge is -2.32. The molecule has 6 aromatic carbocycles. The van der Waals surface area contributed by atoms with Crippen molar-refractivity contribution in [3.63, 3.8) is 0 Å². The van der Waals surface area contributed by atoms with Gasteiger partial charge in [0.25, 0.3) is 17.7 Å². The number of carbonyl (C=O) groups is 6. The number of hydrogen-bond donors (Lipinski definition) is 9. The Morgan fingerprint density at radius 3 is 0.869 bits per heavy atom. The van der Waals surface area contributed by atoms with Crippen LogP contribution in [0.25, 0.3) is 33.1 Å². The molecular weight excluding hydrogens is 1630 g/mol. The zero-order valence-corrected chi connectivity index (χ0v) is 73.0. The number of methoxy groups -OCH3 is 3. The molecule has 0 fully saturated rings. The zero-order chi connectivity index (χ0) is 87.2. The number of amides is 6. The molecule has 31 nitrogen and oxygen atoms in total. The third-order valence-electron chi connectivity index (χ3n) is 18.5. The number of ether oxygens (including phenoxy) is 3. The van der Waals surface area contributed by atoms with Crippen molar-refractivity contribution in [2.75, 3.05) is 73.1 Å². The van der Waals surface area contributed by atoms with Gasteiger partial charge >= 0.3 is 26.1 Å². The minimum absolute atomic E-state index is 0.130. The molecule has 9 N–H and O–H groups in total. The summed E-state index contributed by atoms with van der Waals surface area (Å²) >= 11 is 4.15. The molecular formula is C87H93N18O13PS3. The van der Waals surface area contributed by atoms with Crippen LogP contribution in [0.4, 0.5) is 66.0 Å². The highest BCUT2D eigenvalue weighted by Crippen LogP contribution is 2.52. The summed E-state index contributed by atoms with van der Waals surface area (Å²) in [4.78, 5) is 127. The average molecular weight is 1730 g/mol. The van der Waals surface area contributed by atoms with Crippen LogP contribution in [-0.4, -0.2) is 139 Å². The minimum Gasteiger partial charge on any atom is -0.453 e. The topological polar surface area (TPSA) is 399 Å². The number of nitrogens with one attached hydrogen (secondary N) is 9. The molecule has 0 aliphatic heterocycles. The highest BCUT2D eigenvalue weighted by molar-refractivity contribution is 8.00. The summed E-state index contributed by atoms with van der Waals surface area (Å²) in [5.74, 6) is 0.00970. The lowest BCUT2D eigenvalue weighted by molar-refractivity contribution is 0.0549. The Labute approximate surface area is 717 Å². The maximum absolute atomic E-state index is 15.8. The van der Waals surface area contributed by atoms with Crippen molar-refractivity contribution >= 4 is 164 Å². The second-order valence-corrected chi connectivity index (χ2v) is 36.0. The van der Waals surface area contributed by atoms with Gasteiger partial charge in [-0.15, -0.1) is 0 Å². The summed E-state index contributed by atoms with van der Waals surface area (Å²) in [6, 6.07) is 48.2. The van der Waals surface area contributed by atoms with E-state index in [1.807, 2.05) is 114 Å². The maximum Gasteiger partial charge on any atom is 0.475 e. The zero-order valence-electron chi connectivity index (χ0n) is 69.7. The molecule has 0 unspecified atom stereocenters. The van der Waals surface area contributed by atoms with Gasteiger partial charge in [-0.1, -0.05) is 76.8 Å². The molecule has 122 heavy (non-hydrogen) atoms. The van der Waals surface area contributed by atoms with E-state index in [1.165, 1.54) is 75.6 Å². The summed E-state index contributed by atoms with van der Waals surface area (Å²) in [7, 11) is -1.03. The molecule has 12 rings (SSSR count). The fraction of sp³-hybridized carbons (Fsp3) is 0.276. The maximum atomic E-state index is 15.8. The molecule has 0 saturated carbocycles. The van der Waals surface area contributed by atoms with Gasteiger partial charge in [0.15, 0.2) is 16.9 Å². The molecule has 6 amide bonds. The molecule has 35 heteroatoms. The van der Waals surface area contributed by atoms with Crippen LogP contribution in [0.5, 0.6) is 0 Å². The SMILES string of the molecule is COC(=O)Nc1ccc(Sc2ccc(C(=O)NC(C)(C)COP(=O)(OCC(C)(C)NC(=O)c3ccc(Sc4ccc(NC(=O)OC)cc4)c(Nc4ncnc5nc(C(C)C)ccc45)c3)OCC(C)(C)NC(=O)c3ccc(Sc4ccc(NC(=O)OC)cc4)c(Nc4ncnc5nc(C(C)C)ccc45)c3)cc2Nc2ncnc3nc(C(C)C)ccc23)cc1. The van der Waals surface area contributed by atoms with Crippen molar-refractivity contribution in [3.05, 3.63) is 217 Å². The van der Waals surface area contributed by atoms with Crippen LogP contribution in [0.2, 0.25) is 0 Å². The van der Waals surface area contributed by atoms with Crippen molar-refractivity contribution in [1.29, 1.82) is 0 Å². The second-order valence-electron chi connectivity index (χ2n) is 31.0. The van der Waals surface area contributed by atoms with Crippen molar-refractivity contribution in [3.8, 4) is 0 Å². The summed E-state index contributed by atoms with van der Waals surface area (Å²) in [5.41, 5.74) is 3.58. The first-order valence-electron chi connectivity index (χ1n) is 38.7. The van der Waals surface area contributed by atoms with E-state index >= 15 is 4.57 Å². The molecule has 6 aromatic heterocycles. The lowest BCUT2D eigenvalue weighted by Crippen LogP contribution is -2.48. The normalized spacial score (nSPS) is 11.8. The number of hydrogen-bond acceptors (Lipinski definition) is 28. The van der Waals surface area contributed by atoms with Gasteiger partial charge in [-0.2, -0.15) is 0 Å². The monoisotopic (exact) mass is 1720 g/mol. The molecule has 632 valence electrons. The van der Waals surface area contributed by atoms with Crippen LogP contribution in [-0.2, 0) is 32.3 Å². The molecule has 0 aliphatic rings. The van der Waals surface area contributed by atoms with Gasteiger partial charge in [0.1, 0.15) is 36.4 Å². The molecule has 0 bridgehead atoms. The largest absolute Gasteiger partial charge is 0.475 e. The Kier molecular flexibility index (Phi) is 28.4. The van der Waals surface area contributed by atoms with Crippen molar-refractivity contribution in [2.45, 2.75) is 147 Å². The Balaban J connectivity index is 0.818. The summed E-state index contributed by atoms with van der Waals surface area (Å²) < 4.78 is 49.1. The highest BCUT2D eigenvalue weighted by atomic mass is 32.2. The number of phosphoric ester groups is 1. The highest BCUT2D eigenvalue weighted by Gasteiger charge is 2.38. The molecule has 6 heterocycles. The number of fused-ring (bicyclic) bond motifs is 3. The number of carbonyl (C=O) groups excluding carboxylic acids is 6. The third kappa shape index (κ3) is 23.6. The first kappa shape index (κ1) is 88.8. The van der Waals surface area contributed by atoms with Crippen LogP contribution in [0.3, 0.4) is 0 Å². The standard InChI is InChI=1S/C87H93N18O13PS3/c1-49(2)64-34-31-61-73(97-64)88-46-91-76(61)100-67-40-52(16-37-70(67)120-58-25-19-55(20-26-58)94-82(109)113-13)79(106)103-85(7,8)43-116-119(112,117-44-86(9,10)104-80(107)53-17-38-71(121-59-27-21-56(22-28-59)95-83(110)114-14)68(41-53)101-77-62-32-35-65(50(3)4)98-74(62)89-47-92-77)118-45-87(11,12)105-81(108)54-18-39-72(122-60-29-23-57(24-30-60)96-84(111)115-15)69(42-54)102-78-63-33-36-66(51(5)6)99-75(63)90-48-93-78/h16-42,46-51H,43-45H2,1-15H3,(H,94,109)(H,95,110)(H,96,111)(H,103,106)(H,104,107)(H,105,108)(H,88,91,97,100)(H,89,92,98,101)(H,90,93,99,102). The fourth-order valence-electron chi connectivity index (χ4n) is 11.9. The fourth-order valence-corrected chi connectivity index (χ4v) is 16.2. The van der Waals surface area contributed by atoms with E-state index in [0.29, 0.717) is 99.4 Å². The Bertz CT molecular complexity index is 5370. The smallest absolute Gasteiger partial charge is 0.453 e. The van der Waals surface area contributed by atoms with E-state index < -0.39 is 80.3 Å². The van der Waals surface area contributed by atoms with Gasteiger partial charge in [0.2, 0.25) is 0 Å². The van der Waals surface area contributed by atoms with E-state index in [2.05, 4.69) is 77.8 Å². The van der Waals surface area contributed by atoms with Gasteiger partial charge in [-0.3, -0.25) is 43.9 Å². The lowest BCUT2D eigenvalue weighted by atomic mass is 10.1. The number of pyridine rings is 3. The molecule has 0 spiro atoms. The first-order chi connectivity index (χ1) is 58.2. The van der Waals surface area contributed by atoms with E-state index in [0.717, 1.165) is 31.8 Å². The van der Waals surface area contributed by atoms with Crippen LogP contribution in [0.15, 0.2) is 212 Å². The second kappa shape index (κ2) is 39.0. The van der Waals surface area contributed by atoms with Gasteiger partial charge in [-0.25, -0.2) is 63.8 Å². The van der Waals surface area contributed by atoms with Gasteiger partial charge in [0.05, 0.1) is 91.0 Å². The van der Waals surface area contributed by atoms with Crippen LogP contribution >= 0.6 is 43.1 Å². The molecule has 0 saturated heterocycles. The van der Waals surface area contributed by atoms with Gasteiger partial charge in [0, 0.05) is 80.2 Å². The number of aromatic nitrogens is 9. The number of phosphoric acid groups is 1.